The number of hydrogen-bond acceptors (Lipinski definition) is 7. The molecule has 1 amide bonds. The molecule has 2 aliphatic heterocycles. The Morgan fingerprint density at radius 1 is 0.857 bits per heavy atom. The van der Waals surface area contributed by atoms with Crippen molar-refractivity contribution in [3.05, 3.63) is 42.0 Å². The first-order chi connectivity index (χ1) is 13.6. The molecule has 0 saturated carbocycles. The van der Waals surface area contributed by atoms with E-state index in [0.717, 1.165) is 0 Å². The lowest BCUT2D eigenvalue weighted by atomic mass is 10.2. The van der Waals surface area contributed by atoms with Crippen molar-refractivity contribution < 1.29 is 33.3 Å². The van der Waals surface area contributed by atoms with Gasteiger partial charge in [-0.3, -0.25) is 4.79 Å². The molecule has 2 aromatic carbocycles. The maximum Gasteiger partial charge on any atom is 0.339 e. The maximum atomic E-state index is 12.4. The first-order valence-electron chi connectivity index (χ1n) is 8.91. The Morgan fingerprint density at radius 2 is 1.43 bits per heavy atom. The summed E-state index contributed by atoms with van der Waals surface area (Å²) in [5, 5.41) is 2.70. The van der Waals surface area contributed by atoms with Crippen LogP contribution in [-0.4, -0.2) is 44.4 Å². The molecule has 1 N–H and O–H groups in total. The molecule has 0 spiro atoms. The van der Waals surface area contributed by atoms with Crippen LogP contribution in [0, 0.1) is 0 Å². The number of fused-ring (bicyclic) bond motifs is 2. The Hall–Kier alpha value is -3.42. The molecule has 8 heteroatoms. The summed E-state index contributed by atoms with van der Waals surface area (Å²) < 4.78 is 27.1. The topological polar surface area (TPSA) is 92.3 Å². The predicted molar refractivity (Wildman–Crippen MR) is 98.4 cm³/mol. The van der Waals surface area contributed by atoms with E-state index in [0.29, 0.717) is 55.1 Å². The molecule has 4 rings (SSSR count). The monoisotopic (exact) mass is 385 g/mol. The number of nitrogens with one attached hydrogen (secondary N) is 1. The standard InChI is InChI=1S/C20H19NO7/c1-12(19(22)21-14-3-5-16-18(11-14)27-9-7-25-16)28-20(23)13-2-4-15-17(10-13)26-8-6-24-15/h2-5,10-12H,6-9H2,1H3,(H,21,22)/t12-/m0/s1. The van der Waals surface area contributed by atoms with Gasteiger partial charge >= 0.3 is 5.97 Å². The summed E-state index contributed by atoms with van der Waals surface area (Å²) >= 11 is 0. The molecule has 0 fully saturated rings. The summed E-state index contributed by atoms with van der Waals surface area (Å²) in [6.07, 6.45) is -0.992. The quantitative estimate of drug-likeness (QED) is 0.808. The highest BCUT2D eigenvalue weighted by Gasteiger charge is 2.22. The van der Waals surface area contributed by atoms with Crippen molar-refractivity contribution in [3.8, 4) is 23.0 Å². The molecule has 2 aliphatic rings. The van der Waals surface area contributed by atoms with Gasteiger partial charge in [0.05, 0.1) is 5.56 Å². The number of rotatable bonds is 4. The van der Waals surface area contributed by atoms with Gasteiger partial charge in [0, 0.05) is 11.8 Å². The number of esters is 1. The third kappa shape index (κ3) is 3.80. The second-order valence-electron chi connectivity index (χ2n) is 6.25. The second kappa shape index (κ2) is 7.67. The Balaban J connectivity index is 1.38. The van der Waals surface area contributed by atoms with Gasteiger partial charge in [-0.1, -0.05) is 0 Å². The lowest BCUT2D eigenvalue weighted by Gasteiger charge is -2.20. The van der Waals surface area contributed by atoms with Gasteiger partial charge in [-0.05, 0) is 37.3 Å². The zero-order valence-electron chi connectivity index (χ0n) is 15.2. The normalized spacial score (nSPS) is 15.3. The van der Waals surface area contributed by atoms with E-state index in [-0.39, 0.29) is 5.56 Å². The van der Waals surface area contributed by atoms with Crippen molar-refractivity contribution in [2.45, 2.75) is 13.0 Å². The summed E-state index contributed by atoms with van der Waals surface area (Å²) in [6, 6.07) is 9.84. The summed E-state index contributed by atoms with van der Waals surface area (Å²) in [5.74, 6) is 1.16. The number of anilines is 1. The van der Waals surface area contributed by atoms with Crippen molar-refractivity contribution in [1.29, 1.82) is 0 Å². The second-order valence-corrected chi connectivity index (χ2v) is 6.25. The third-order valence-corrected chi connectivity index (χ3v) is 4.24. The van der Waals surface area contributed by atoms with Crippen LogP contribution < -0.4 is 24.3 Å². The number of carbonyl (C=O) groups is 2. The van der Waals surface area contributed by atoms with Crippen molar-refractivity contribution >= 4 is 17.6 Å². The Morgan fingerprint density at radius 3 is 2.11 bits per heavy atom. The highest BCUT2D eigenvalue weighted by molar-refractivity contribution is 5.97. The molecule has 0 aliphatic carbocycles. The fourth-order valence-electron chi connectivity index (χ4n) is 2.82. The highest BCUT2D eigenvalue weighted by Crippen LogP contribution is 2.33. The first kappa shape index (κ1) is 18.0. The summed E-state index contributed by atoms with van der Waals surface area (Å²) in [7, 11) is 0. The van der Waals surface area contributed by atoms with Gasteiger partial charge in [-0.25, -0.2) is 4.79 Å². The predicted octanol–water partition coefficient (Wildman–Crippen LogP) is 2.41. The molecule has 0 bridgehead atoms. The van der Waals surface area contributed by atoms with Crippen molar-refractivity contribution in [1.82, 2.24) is 0 Å². The number of ether oxygens (including phenoxy) is 5. The van der Waals surface area contributed by atoms with Gasteiger partial charge in [0.1, 0.15) is 26.4 Å². The summed E-state index contributed by atoms with van der Waals surface area (Å²) in [5.41, 5.74) is 0.805. The minimum Gasteiger partial charge on any atom is -0.486 e. The van der Waals surface area contributed by atoms with Crippen LogP contribution in [0.15, 0.2) is 36.4 Å². The first-order valence-corrected chi connectivity index (χ1v) is 8.91. The van der Waals surface area contributed by atoms with Crippen LogP contribution in [0.3, 0.4) is 0 Å². The molecule has 0 aromatic heterocycles. The molecular weight excluding hydrogens is 366 g/mol. The zero-order chi connectivity index (χ0) is 19.5. The lowest BCUT2D eigenvalue weighted by molar-refractivity contribution is -0.123. The van der Waals surface area contributed by atoms with Crippen LogP contribution in [-0.2, 0) is 9.53 Å². The average Bonchev–Trinajstić information content (AvgIpc) is 2.73. The van der Waals surface area contributed by atoms with E-state index >= 15 is 0 Å². The Kier molecular flexibility index (Phi) is 4.92. The average molecular weight is 385 g/mol. The molecule has 0 saturated heterocycles. The van der Waals surface area contributed by atoms with Gasteiger partial charge in [0.25, 0.3) is 5.91 Å². The minimum atomic E-state index is -0.992. The van der Waals surface area contributed by atoms with E-state index in [1.165, 1.54) is 6.92 Å². The Labute approximate surface area is 161 Å². The van der Waals surface area contributed by atoms with Gasteiger partial charge in [-0.15, -0.1) is 0 Å². The highest BCUT2D eigenvalue weighted by atomic mass is 16.6. The number of benzene rings is 2. The SMILES string of the molecule is C[C@H](OC(=O)c1ccc2c(c1)OCCO2)C(=O)Nc1ccc2c(c1)OCCO2. The van der Waals surface area contributed by atoms with Gasteiger partial charge in [0.15, 0.2) is 29.1 Å². The smallest absolute Gasteiger partial charge is 0.339 e. The van der Waals surface area contributed by atoms with Gasteiger partial charge < -0.3 is 29.0 Å². The van der Waals surface area contributed by atoms with E-state index < -0.39 is 18.0 Å². The lowest BCUT2D eigenvalue weighted by Crippen LogP contribution is -2.30. The molecule has 2 heterocycles. The van der Waals surface area contributed by atoms with Gasteiger partial charge in [0.2, 0.25) is 0 Å². The molecule has 28 heavy (non-hydrogen) atoms. The van der Waals surface area contributed by atoms with Crippen molar-refractivity contribution in [3.63, 3.8) is 0 Å². The molecule has 146 valence electrons. The molecular formula is C20H19NO7. The molecule has 2 aromatic rings. The summed E-state index contributed by atoms with van der Waals surface area (Å²) in [4.78, 5) is 24.7. The van der Waals surface area contributed by atoms with E-state index in [1.807, 2.05) is 0 Å². The van der Waals surface area contributed by atoms with E-state index in [4.69, 9.17) is 23.7 Å². The van der Waals surface area contributed by atoms with E-state index in [9.17, 15) is 9.59 Å². The largest absolute Gasteiger partial charge is 0.486 e. The maximum absolute atomic E-state index is 12.4. The van der Waals surface area contributed by atoms with Crippen molar-refractivity contribution in [2.75, 3.05) is 31.7 Å². The third-order valence-electron chi connectivity index (χ3n) is 4.24. The van der Waals surface area contributed by atoms with E-state index in [1.54, 1.807) is 36.4 Å². The van der Waals surface area contributed by atoms with E-state index in [2.05, 4.69) is 5.32 Å². The van der Waals surface area contributed by atoms with Crippen LogP contribution in [0.5, 0.6) is 23.0 Å². The molecule has 0 unspecified atom stereocenters. The number of carbonyl (C=O) groups excluding carboxylic acids is 2. The minimum absolute atomic E-state index is 0.281. The van der Waals surface area contributed by atoms with Crippen LogP contribution >= 0.6 is 0 Å². The van der Waals surface area contributed by atoms with Crippen LogP contribution in [0.4, 0.5) is 5.69 Å². The van der Waals surface area contributed by atoms with Gasteiger partial charge in [-0.2, -0.15) is 0 Å². The molecule has 1 atom stereocenters. The molecule has 8 nitrogen and oxygen atoms in total. The van der Waals surface area contributed by atoms with Crippen molar-refractivity contribution in [2.24, 2.45) is 0 Å². The van der Waals surface area contributed by atoms with Crippen LogP contribution in [0.1, 0.15) is 17.3 Å². The fraction of sp³-hybridized carbons (Fsp3) is 0.300. The molecule has 0 radical (unpaired) electrons. The van der Waals surface area contributed by atoms with Crippen LogP contribution in [0.2, 0.25) is 0 Å². The zero-order valence-corrected chi connectivity index (χ0v) is 15.2. The number of hydrogen-bond donors (Lipinski definition) is 1. The number of amides is 1. The fourth-order valence-corrected chi connectivity index (χ4v) is 2.82. The van der Waals surface area contributed by atoms with Crippen LogP contribution in [0.25, 0.3) is 0 Å². The Bertz CT molecular complexity index is 911. The summed E-state index contributed by atoms with van der Waals surface area (Å²) in [6.45, 7) is 3.33.